The lowest BCUT2D eigenvalue weighted by molar-refractivity contribution is -0.123. The second kappa shape index (κ2) is 10.6. The number of amides is 1. The van der Waals surface area contributed by atoms with Crippen LogP contribution in [0, 0.1) is 12.8 Å². The number of thiazole rings is 1. The van der Waals surface area contributed by atoms with Crippen LogP contribution in [0.5, 0.6) is 5.75 Å². The van der Waals surface area contributed by atoms with Gasteiger partial charge in [0, 0.05) is 19.3 Å². The molecule has 1 amide bonds. The molecule has 0 bridgehead atoms. The van der Waals surface area contributed by atoms with Gasteiger partial charge in [-0.15, -0.1) is 0 Å². The first-order chi connectivity index (χ1) is 17.9. The Balaban J connectivity index is 1.49. The van der Waals surface area contributed by atoms with E-state index in [9.17, 15) is 13.2 Å². The molecule has 192 valence electrons. The number of sulfonamides is 1. The van der Waals surface area contributed by atoms with Crippen molar-refractivity contribution < 1.29 is 17.9 Å². The van der Waals surface area contributed by atoms with Gasteiger partial charge in [-0.1, -0.05) is 41.7 Å². The monoisotopic (exact) mass is 536 g/mol. The smallest absolute Gasteiger partial charge is 0.243 e. The molecular formula is C27H28N4O4S2. The number of anilines is 1. The number of piperidine rings is 1. The summed E-state index contributed by atoms with van der Waals surface area (Å²) in [6.45, 7) is 2.76. The minimum Gasteiger partial charge on any atom is -0.494 e. The predicted octanol–water partition coefficient (Wildman–Crippen LogP) is 4.64. The van der Waals surface area contributed by atoms with E-state index in [4.69, 9.17) is 9.72 Å². The number of hydrogen-bond acceptors (Lipinski definition) is 7. The maximum atomic E-state index is 14.0. The Morgan fingerprint density at radius 2 is 1.92 bits per heavy atom. The lowest BCUT2D eigenvalue weighted by Crippen LogP contribution is -2.46. The van der Waals surface area contributed by atoms with E-state index in [2.05, 4.69) is 4.98 Å². The fourth-order valence-electron chi connectivity index (χ4n) is 4.60. The molecule has 2 aromatic carbocycles. The van der Waals surface area contributed by atoms with Crippen molar-refractivity contribution in [1.29, 1.82) is 0 Å². The van der Waals surface area contributed by atoms with Gasteiger partial charge in [0.1, 0.15) is 11.3 Å². The second-order valence-electron chi connectivity index (χ2n) is 9.02. The second-order valence-corrected chi connectivity index (χ2v) is 11.9. The van der Waals surface area contributed by atoms with Crippen LogP contribution in [-0.2, 0) is 21.4 Å². The van der Waals surface area contributed by atoms with E-state index in [-0.39, 0.29) is 23.9 Å². The molecule has 8 nitrogen and oxygen atoms in total. The molecule has 0 aliphatic carbocycles. The Morgan fingerprint density at radius 1 is 1.14 bits per heavy atom. The third kappa shape index (κ3) is 5.09. The molecule has 0 saturated carbocycles. The van der Waals surface area contributed by atoms with Gasteiger partial charge in [0.05, 0.1) is 34.9 Å². The zero-order valence-electron chi connectivity index (χ0n) is 20.7. The molecule has 37 heavy (non-hydrogen) atoms. The number of aryl methyl sites for hydroxylation is 1. The number of ether oxygens (including phenoxy) is 1. The number of methoxy groups -OCH3 is 1. The van der Waals surface area contributed by atoms with Gasteiger partial charge in [0.25, 0.3) is 0 Å². The van der Waals surface area contributed by atoms with Gasteiger partial charge in [-0.05, 0) is 55.7 Å². The number of carbonyl (C=O) groups excluding carboxylic acids is 1. The SMILES string of the molecule is COc1ccc(C)c2sc(N(Cc3ccccn3)C(=O)C3CCCN(S(=O)(=O)c4ccccc4)C3)nc12. The Bertz CT molecular complexity index is 1510. The van der Waals surface area contributed by atoms with E-state index in [1.54, 1.807) is 48.5 Å². The molecule has 0 spiro atoms. The van der Waals surface area contributed by atoms with Crippen molar-refractivity contribution in [3.05, 3.63) is 78.1 Å². The van der Waals surface area contributed by atoms with Gasteiger partial charge in [-0.25, -0.2) is 13.4 Å². The number of aromatic nitrogens is 2. The number of carbonyl (C=O) groups is 1. The minimum atomic E-state index is -3.69. The predicted molar refractivity (Wildman–Crippen MR) is 144 cm³/mol. The standard InChI is InChI=1S/C27H28N4O4S2/c1-19-13-14-23(35-2)24-25(19)36-27(29-24)31(18-21-10-6-7-15-28-21)26(32)20-9-8-16-30(17-20)37(33,34)22-11-4-3-5-12-22/h3-7,10-15,20H,8-9,16-18H2,1-2H3. The number of pyridine rings is 1. The number of benzene rings is 2. The summed E-state index contributed by atoms with van der Waals surface area (Å²) in [6.07, 6.45) is 2.90. The molecule has 3 heterocycles. The van der Waals surface area contributed by atoms with Gasteiger partial charge in [0.2, 0.25) is 15.9 Å². The highest BCUT2D eigenvalue weighted by molar-refractivity contribution is 7.89. The first-order valence-electron chi connectivity index (χ1n) is 12.1. The van der Waals surface area contributed by atoms with E-state index in [1.807, 2.05) is 37.3 Å². The highest BCUT2D eigenvalue weighted by Crippen LogP contribution is 2.38. The molecule has 1 unspecified atom stereocenters. The van der Waals surface area contributed by atoms with Gasteiger partial charge in [0.15, 0.2) is 5.13 Å². The number of fused-ring (bicyclic) bond motifs is 1. The largest absolute Gasteiger partial charge is 0.494 e. The summed E-state index contributed by atoms with van der Waals surface area (Å²) in [4.78, 5) is 25.2. The lowest BCUT2D eigenvalue weighted by Gasteiger charge is -2.33. The fourth-order valence-corrected chi connectivity index (χ4v) is 7.20. The van der Waals surface area contributed by atoms with Crippen molar-refractivity contribution >= 4 is 42.6 Å². The van der Waals surface area contributed by atoms with Crippen LogP contribution in [0.1, 0.15) is 24.1 Å². The molecule has 1 saturated heterocycles. The highest BCUT2D eigenvalue weighted by Gasteiger charge is 2.36. The molecule has 2 aromatic heterocycles. The van der Waals surface area contributed by atoms with Crippen LogP contribution in [0.3, 0.4) is 0 Å². The zero-order valence-corrected chi connectivity index (χ0v) is 22.3. The van der Waals surface area contributed by atoms with Crippen LogP contribution in [0.15, 0.2) is 71.8 Å². The first-order valence-corrected chi connectivity index (χ1v) is 14.3. The Labute approximate surface area is 220 Å². The van der Waals surface area contributed by atoms with E-state index in [0.717, 1.165) is 16.0 Å². The Hall–Kier alpha value is -3.34. The highest BCUT2D eigenvalue weighted by atomic mass is 32.2. The third-order valence-corrected chi connectivity index (χ3v) is 9.66. The summed E-state index contributed by atoms with van der Waals surface area (Å²) in [7, 11) is -2.09. The molecule has 0 N–H and O–H groups in total. The van der Waals surface area contributed by atoms with Crippen molar-refractivity contribution in [1.82, 2.24) is 14.3 Å². The molecule has 5 rings (SSSR count). The van der Waals surface area contributed by atoms with Crippen LogP contribution in [0.25, 0.3) is 10.2 Å². The van der Waals surface area contributed by atoms with Crippen molar-refractivity contribution in [2.45, 2.75) is 31.2 Å². The molecule has 1 atom stereocenters. The molecule has 1 aliphatic heterocycles. The maximum Gasteiger partial charge on any atom is 0.243 e. The molecule has 0 radical (unpaired) electrons. The molecular weight excluding hydrogens is 508 g/mol. The van der Waals surface area contributed by atoms with E-state index in [0.29, 0.717) is 35.8 Å². The average molecular weight is 537 g/mol. The van der Waals surface area contributed by atoms with E-state index < -0.39 is 15.9 Å². The van der Waals surface area contributed by atoms with Gasteiger partial charge < -0.3 is 4.74 Å². The third-order valence-electron chi connectivity index (χ3n) is 6.57. The molecule has 10 heteroatoms. The fraction of sp³-hybridized carbons (Fsp3) is 0.296. The average Bonchev–Trinajstić information content (AvgIpc) is 3.39. The normalized spacial score (nSPS) is 16.5. The zero-order chi connectivity index (χ0) is 26.0. The summed E-state index contributed by atoms with van der Waals surface area (Å²) in [5, 5.41) is 0.543. The van der Waals surface area contributed by atoms with Gasteiger partial charge in [-0.2, -0.15) is 4.31 Å². The summed E-state index contributed by atoms with van der Waals surface area (Å²) in [5.74, 6) is -0.00799. The molecule has 4 aromatic rings. The molecule has 1 aliphatic rings. The van der Waals surface area contributed by atoms with Crippen LogP contribution in [0.4, 0.5) is 5.13 Å². The Kier molecular flexibility index (Phi) is 7.23. The maximum absolute atomic E-state index is 14.0. The van der Waals surface area contributed by atoms with Gasteiger partial charge in [-0.3, -0.25) is 14.7 Å². The van der Waals surface area contributed by atoms with Gasteiger partial charge >= 0.3 is 0 Å². The van der Waals surface area contributed by atoms with Crippen molar-refractivity contribution in [2.24, 2.45) is 5.92 Å². The van der Waals surface area contributed by atoms with Crippen LogP contribution < -0.4 is 9.64 Å². The number of rotatable bonds is 7. The van der Waals surface area contributed by atoms with Crippen molar-refractivity contribution in [2.75, 3.05) is 25.1 Å². The summed E-state index contributed by atoms with van der Waals surface area (Å²) in [6, 6.07) is 17.8. The first kappa shape index (κ1) is 25.3. The minimum absolute atomic E-state index is 0.127. The van der Waals surface area contributed by atoms with Crippen LogP contribution in [-0.4, -0.2) is 48.8 Å². The topological polar surface area (TPSA) is 92.7 Å². The number of hydrogen-bond donors (Lipinski definition) is 0. The van der Waals surface area contributed by atoms with E-state index >= 15 is 0 Å². The Morgan fingerprint density at radius 3 is 2.65 bits per heavy atom. The summed E-state index contributed by atoms with van der Waals surface area (Å²) < 4.78 is 34.5. The van der Waals surface area contributed by atoms with Crippen molar-refractivity contribution in [3.63, 3.8) is 0 Å². The van der Waals surface area contributed by atoms with Crippen LogP contribution >= 0.6 is 11.3 Å². The van der Waals surface area contributed by atoms with Crippen LogP contribution in [0.2, 0.25) is 0 Å². The quantitative estimate of drug-likeness (QED) is 0.342. The number of nitrogens with zero attached hydrogens (tertiary/aromatic N) is 4. The van der Waals surface area contributed by atoms with Crippen molar-refractivity contribution in [3.8, 4) is 5.75 Å². The van der Waals surface area contributed by atoms with E-state index in [1.165, 1.54) is 15.6 Å². The molecule has 1 fully saturated rings. The summed E-state index contributed by atoms with van der Waals surface area (Å²) >= 11 is 1.43. The summed E-state index contributed by atoms with van der Waals surface area (Å²) in [5.41, 5.74) is 2.48. The lowest BCUT2D eigenvalue weighted by atomic mass is 9.98.